The molecule has 7 nitrogen and oxygen atoms in total. The highest BCUT2D eigenvalue weighted by Gasteiger charge is 2.44. The Labute approximate surface area is 224 Å². The molecule has 3 rings (SSSR count). The van der Waals surface area contributed by atoms with Crippen molar-refractivity contribution in [3.8, 4) is 0 Å². The number of benzodiazepines with no additional fused rings is 1. The van der Waals surface area contributed by atoms with E-state index in [0.717, 1.165) is 6.07 Å². The van der Waals surface area contributed by atoms with Gasteiger partial charge < -0.3 is 16.4 Å². The van der Waals surface area contributed by atoms with E-state index < -0.39 is 79.1 Å². The number of carbonyl (C=O) groups excluding carboxylic acids is 3. The molecular formula is C26H25F7N4O3. The minimum Gasteiger partial charge on any atom is -0.369 e. The van der Waals surface area contributed by atoms with Crippen LogP contribution in [0.25, 0.3) is 0 Å². The summed E-state index contributed by atoms with van der Waals surface area (Å²) in [4.78, 5) is 42.6. The largest absolute Gasteiger partial charge is 0.391 e. The van der Waals surface area contributed by atoms with Crippen LogP contribution in [-0.4, -0.2) is 42.0 Å². The highest BCUT2D eigenvalue weighted by molar-refractivity contribution is 6.20. The van der Waals surface area contributed by atoms with Crippen LogP contribution in [0.3, 0.4) is 0 Å². The molecule has 0 aliphatic carbocycles. The van der Waals surface area contributed by atoms with E-state index in [4.69, 9.17) is 5.73 Å². The summed E-state index contributed by atoms with van der Waals surface area (Å²) in [6.45, 7) is 0.704. The second kappa shape index (κ2) is 12.0. The summed E-state index contributed by atoms with van der Waals surface area (Å²) in [5.41, 5.74) is 5.56. The van der Waals surface area contributed by atoms with Crippen molar-refractivity contribution in [3.63, 3.8) is 0 Å². The lowest BCUT2D eigenvalue weighted by molar-refractivity contribution is -0.177. The number of fused-ring (bicyclic) bond motifs is 1. The molecular weight excluding hydrogens is 549 g/mol. The fourth-order valence-electron chi connectivity index (χ4n) is 4.29. The van der Waals surface area contributed by atoms with Crippen LogP contribution in [0.1, 0.15) is 37.3 Å². The lowest BCUT2D eigenvalue weighted by Crippen LogP contribution is -2.48. The van der Waals surface area contributed by atoms with Crippen molar-refractivity contribution >= 4 is 29.1 Å². The number of hydrogen-bond acceptors (Lipinski definition) is 4. The Morgan fingerprint density at radius 3 is 2.25 bits per heavy atom. The van der Waals surface area contributed by atoms with Gasteiger partial charge >= 0.3 is 12.4 Å². The number of rotatable bonds is 9. The summed E-state index contributed by atoms with van der Waals surface area (Å²) in [5.74, 6) is -10.8. The monoisotopic (exact) mass is 574 g/mol. The molecule has 0 radical (unpaired) electrons. The summed E-state index contributed by atoms with van der Waals surface area (Å²) >= 11 is 0. The predicted octanol–water partition coefficient (Wildman–Crippen LogP) is 4.71. The van der Waals surface area contributed by atoms with Crippen molar-refractivity contribution in [2.24, 2.45) is 28.5 Å². The van der Waals surface area contributed by atoms with Crippen molar-refractivity contribution < 1.29 is 45.1 Å². The number of hydrogen-bond donors (Lipinski definition) is 3. The Kier molecular flexibility index (Phi) is 9.21. The number of aliphatic imine (C=N–C) groups is 1. The van der Waals surface area contributed by atoms with Gasteiger partial charge in [0.25, 0.3) is 5.91 Å². The molecule has 2 aromatic rings. The lowest BCUT2D eigenvalue weighted by Gasteiger charge is -2.28. The van der Waals surface area contributed by atoms with Crippen LogP contribution in [0.5, 0.6) is 0 Å². The van der Waals surface area contributed by atoms with Gasteiger partial charge in [-0.15, -0.1) is 0 Å². The van der Waals surface area contributed by atoms with E-state index in [1.807, 2.05) is 0 Å². The van der Waals surface area contributed by atoms with E-state index in [1.165, 1.54) is 12.1 Å². The molecule has 14 heteroatoms. The van der Waals surface area contributed by atoms with E-state index in [-0.39, 0.29) is 17.0 Å². The van der Waals surface area contributed by atoms with Gasteiger partial charge in [-0.2, -0.15) is 26.3 Å². The van der Waals surface area contributed by atoms with Crippen LogP contribution < -0.4 is 16.4 Å². The van der Waals surface area contributed by atoms with Crippen molar-refractivity contribution in [2.75, 3.05) is 5.32 Å². The standard InChI is InChI=1S/C26H25F7N4O3/c1-13(26(31,32)33)12-17(21(34)38)15(10-11-25(28,29)30)23(39)37-22-24(40)36-20-16(8-5-9-18(20)27)19(35-22)14-6-3-2-4-7-14/h2-9,13,15,17,22H,10-12H2,1H3,(H2,34,38)(H,36,40)(H,37,39)/t13-,15?,17?,22+/m0/s1. The molecule has 0 fully saturated rings. The number of nitrogens with one attached hydrogen (secondary N) is 2. The molecule has 1 heterocycles. The van der Waals surface area contributed by atoms with E-state index in [1.54, 1.807) is 30.3 Å². The Bertz CT molecular complexity index is 1280. The van der Waals surface area contributed by atoms with Gasteiger partial charge in [-0.3, -0.25) is 14.4 Å². The molecule has 0 aromatic heterocycles. The number of para-hydroxylation sites is 1. The molecule has 216 valence electrons. The highest BCUT2D eigenvalue weighted by Crippen LogP contribution is 2.36. The first-order valence-corrected chi connectivity index (χ1v) is 12.0. The number of halogens is 7. The van der Waals surface area contributed by atoms with Crippen LogP contribution in [0.2, 0.25) is 0 Å². The third-order valence-electron chi connectivity index (χ3n) is 6.44. The second-order valence-corrected chi connectivity index (χ2v) is 9.35. The molecule has 0 bridgehead atoms. The fraction of sp³-hybridized carbons (Fsp3) is 0.385. The zero-order valence-electron chi connectivity index (χ0n) is 20.9. The van der Waals surface area contributed by atoms with Gasteiger partial charge in [0.2, 0.25) is 18.0 Å². The average Bonchev–Trinajstić information content (AvgIpc) is 2.99. The second-order valence-electron chi connectivity index (χ2n) is 9.35. The van der Waals surface area contributed by atoms with Crippen LogP contribution in [0, 0.1) is 23.6 Å². The van der Waals surface area contributed by atoms with E-state index >= 15 is 0 Å². The minimum atomic E-state index is -4.81. The number of primary amides is 1. The molecule has 2 aromatic carbocycles. The number of benzene rings is 2. The first-order chi connectivity index (χ1) is 18.6. The molecule has 3 amide bonds. The third-order valence-corrected chi connectivity index (χ3v) is 6.44. The van der Waals surface area contributed by atoms with Crippen molar-refractivity contribution in [1.29, 1.82) is 0 Å². The quantitative estimate of drug-likeness (QED) is 0.377. The van der Waals surface area contributed by atoms with Gasteiger partial charge in [-0.05, 0) is 18.9 Å². The lowest BCUT2D eigenvalue weighted by atomic mass is 9.80. The third kappa shape index (κ3) is 7.57. The molecule has 0 spiro atoms. The number of amides is 3. The Morgan fingerprint density at radius 1 is 1.02 bits per heavy atom. The molecule has 0 saturated carbocycles. The van der Waals surface area contributed by atoms with Gasteiger partial charge in [-0.25, -0.2) is 9.38 Å². The summed E-state index contributed by atoms with van der Waals surface area (Å²) in [7, 11) is 0. The maximum atomic E-state index is 14.6. The number of anilines is 1. The zero-order valence-corrected chi connectivity index (χ0v) is 20.9. The van der Waals surface area contributed by atoms with Crippen molar-refractivity contribution in [2.45, 2.75) is 44.7 Å². The van der Waals surface area contributed by atoms with E-state index in [0.29, 0.717) is 12.5 Å². The number of alkyl halides is 6. The molecule has 1 aliphatic heterocycles. The first kappa shape index (κ1) is 30.6. The smallest absolute Gasteiger partial charge is 0.369 e. The molecule has 0 saturated heterocycles. The fourth-order valence-corrected chi connectivity index (χ4v) is 4.29. The van der Waals surface area contributed by atoms with E-state index in [9.17, 15) is 45.1 Å². The summed E-state index contributed by atoms with van der Waals surface area (Å²) in [6, 6.07) is 11.9. The van der Waals surface area contributed by atoms with Crippen molar-refractivity contribution in [1.82, 2.24) is 5.32 Å². The summed E-state index contributed by atoms with van der Waals surface area (Å²) < 4.78 is 93.4. The van der Waals surface area contributed by atoms with E-state index in [2.05, 4.69) is 15.6 Å². The van der Waals surface area contributed by atoms with Crippen LogP contribution in [-0.2, 0) is 14.4 Å². The predicted molar refractivity (Wildman–Crippen MR) is 130 cm³/mol. The summed E-state index contributed by atoms with van der Waals surface area (Å²) in [5, 5.41) is 4.41. The van der Waals surface area contributed by atoms with Gasteiger partial charge in [0.1, 0.15) is 5.82 Å². The maximum Gasteiger partial charge on any atom is 0.391 e. The normalized spacial score (nSPS) is 17.9. The summed E-state index contributed by atoms with van der Waals surface area (Å²) in [6.07, 6.45) is -15.2. The topological polar surface area (TPSA) is 114 Å². The van der Waals surface area contributed by atoms with Gasteiger partial charge in [-0.1, -0.05) is 49.4 Å². The Morgan fingerprint density at radius 2 is 1.68 bits per heavy atom. The number of carbonyl (C=O) groups is 3. The maximum absolute atomic E-state index is 14.6. The van der Waals surface area contributed by atoms with Crippen molar-refractivity contribution in [3.05, 3.63) is 65.5 Å². The first-order valence-electron chi connectivity index (χ1n) is 12.0. The number of nitrogens with zero attached hydrogens (tertiary/aromatic N) is 1. The molecule has 4 atom stereocenters. The van der Waals surface area contributed by atoms with Crippen LogP contribution in [0.15, 0.2) is 53.5 Å². The number of nitrogens with two attached hydrogens (primary N) is 1. The molecule has 1 aliphatic rings. The highest BCUT2D eigenvalue weighted by atomic mass is 19.4. The SMILES string of the molecule is C[C@@H](CC(C(N)=O)C(CCC(F)(F)F)C(=O)N[C@H]1N=C(c2ccccc2)c2cccc(F)c2NC1=O)C(F)(F)F. The zero-order chi connectivity index (χ0) is 29.8. The molecule has 2 unspecified atom stereocenters. The Hall–Kier alpha value is -3.97. The van der Waals surface area contributed by atoms with Gasteiger partial charge in [0.05, 0.1) is 17.3 Å². The average molecular weight is 574 g/mol. The van der Waals surface area contributed by atoms with Crippen LogP contribution in [0.4, 0.5) is 36.4 Å². The molecule has 4 N–H and O–H groups in total. The van der Waals surface area contributed by atoms with Gasteiger partial charge in [0.15, 0.2) is 0 Å². The Balaban J connectivity index is 2.01. The minimum absolute atomic E-state index is 0.0442. The molecule has 40 heavy (non-hydrogen) atoms. The van der Waals surface area contributed by atoms with Gasteiger partial charge in [0, 0.05) is 29.4 Å². The van der Waals surface area contributed by atoms with Crippen LogP contribution >= 0.6 is 0 Å².